The average Bonchev–Trinajstić information content (AvgIpc) is 2.95. The summed E-state index contributed by atoms with van der Waals surface area (Å²) in [7, 11) is 0. The molecule has 0 aliphatic heterocycles. The summed E-state index contributed by atoms with van der Waals surface area (Å²) in [5.74, 6) is 1.27. The molecule has 0 spiro atoms. The molecule has 0 heterocycles. The van der Waals surface area contributed by atoms with Gasteiger partial charge in [0.05, 0.1) is 19.4 Å². The molecule has 0 N–H and O–H groups in total. The number of unbranched alkanes of at least 4 members (excludes halogenated alkanes) is 1. The molecule has 0 aliphatic rings. The minimum Gasteiger partial charge on any atom is -0.381 e. The van der Waals surface area contributed by atoms with Crippen molar-refractivity contribution in [2.75, 3.05) is 52.9 Å². The SMILES string of the molecule is CC(C)CCOCCCC(=O)CC(=O)CCCOCCC(C)(C)C.CC(C)COCCCCC(=O)CC(=O)CCOCCCC(C)(C)C. The van der Waals surface area contributed by atoms with Gasteiger partial charge in [-0.05, 0) is 74.0 Å². The molecule has 0 aromatic rings. The Balaban J connectivity index is 0. The lowest BCUT2D eigenvalue weighted by molar-refractivity contribution is -0.129. The van der Waals surface area contributed by atoms with Crippen LogP contribution in [0.3, 0.4) is 0 Å². The summed E-state index contributed by atoms with van der Waals surface area (Å²) in [6.07, 6.45) is 9.08. The monoisotopic (exact) mass is 685 g/mol. The normalized spacial score (nSPS) is 11.9. The standard InChI is InChI=1S/2C20H38O4/c1-17(2)10-14-23-12-6-8-18(21)16-19(22)9-7-13-24-15-11-20(3,4)5;1-17(2)16-24-12-7-6-9-18(21)15-19(22)10-14-23-13-8-11-20(3,4)5/h2*17H,6-16H2,1-5H3. The Morgan fingerprint density at radius 3 is 1.38 bits per heavy atom. The zero-order valence-electron chi connectivity index (χ0n) is 33.0. The van der Waals surface area contributed by atoms with Gasteiger partial charge in [-0.3, -0.25) is 19.2 Å². The number of hydrogen-bond donors (Lipinski definition) is 0. The van der Waals surface area contributed by atoms with Crippen LogP contribution in [0.1, 0.15) is 159 Å². The molecule has 0 aromatic heterocycles. The third-order valence-corrected chi connectivity index (χ3v) is 7.30. The lowest BCUT2D eigenvalue weighted by Gasteiger charge is -2.17. The molecule has 48 heavy (non-hydrogen) atoms. The molecule has 8 heteroatoms. The molecule has 0 fully saturated rings. The van der Waals surface area contributed by atoms with Gasteiger partial charge in [0, 0.05) is 71.9 Å². The van der Waals surface area contributed by atoms with E-state index in [4.69, 9.17) is 18.9 Å². The van der Waals surface area contributed by atoms with Crippen molar-refractivity contribution in [2.45, 2.75) is 159 Å². The molecule has 0 saturated carbocycles. The van der Waals surface area contributed by atoms with Gasteiger partial charge in [-0.15, -0.1) is 0 Å². The van der Waals surface area contributed by atoms with Gasteiger partial charge < -0.3 is 18.9 Å². The summed E-state index contributed by atoms with van der Waals surface area (Å²) in [5.41, 5.74) is 0.603. The first kappa shape index (κ1) is 48.6. The van der Waals surface area contributed by atoms with Crippen molar-refractivity contribution in [1.82, 2.24) is 0 Å². The lowest BCUT2D eigenvalue weighted by Crippen LogP contribution is -2.12. The summed E-state index contributed by atoms with van der Waals surface area (Å²) in [6.45, 7) is 27.0. The summed E-state index contributed by atoms with van der Waals surface area (Å²) in [4.78, 5) is 46.9. The third kappa shape index (κ3) is 42.5. The van der Waals surface area contributed by atoms with Crippen LogP contribution in [-0.4, -0.2) is 76.0 Å². The molecule has 0 amide bonds. The Kier molecular flexibility index (Phi) is 30.8. The van der Waals surface area contributed by atoms with Crippen LogP contribution in [0.2, 0.25) is 0 Å². The van der Waals surface area contributed by atoms with Crippen molar-refractivity contribution in [3.8, 4) is 0 Å². The zero-order chi connectivity index (χ0) is 36.8. The quantitative estimate of drug-likeness (QED) is 0.0545. The van der Waals surface area contributed by atoms with Crippen molar-refractivity contribution in [3.05, 3.63) is 0 Å². The van der Waals surface area contributed by atoms with Crippen molar-refractivity contribution in [2.24, 2.45) is 22.7 Å². The Morgan fingerprint density at radius 2 is 0.875 bits per heavy atom. The van der Waals surface area contributed by atoms with Gasteiger partial charge in [-0.25, -0.2) is 0 Å². The highest BCUT2D eigenvalue weighted by atomic mass is 16.5. The van der Waals surface area contributed by atoms with E-state index >= 15 is 0 Å². The molecule has 0 saturated heterocycles. The fraction of sp³-hybridized carbons (Fsp3) is 0.900. The van der Waals surface area contributed by atoms with Crippen molar-refractivity contribution < 1.29 is 38.1 Å². The van der Waals surface area contributed by atoms with E-state index in [1.165, 1.54) is 0 Å². The number of rotatable bonds is 30. The van der Waals surface area contributed by atoms with E-state index in [2.05, 4.69) is 69.2 Å². The molecule has 0 aliphatic carbocycles. The van der Waals surface area contributed by atoms with Crippen LogP contribution in [0.4, 0.5) is 0 Å². The smallest absolute Gasteiger partial charge is 0.142 e. The first-order chi connectivity index (χ1) is 22.4. The molecule has 284 valence electrons. The Morgan fingerprint density at radius 1 is 0.438 bits per heavy atom. The van der Waals surface area contributed by atoms with Crippen molar-refractivity contribution >= 4 is 23.1 Å². The van der Waals surface area contributed by atoms with E-state index in [0.717, 1.165) is 58.3 Å². The number of carbonyl (C=O) groups excluding carboxylic acids is 4. The summed E-state index contributed by atoms with van der Waals surface area (Å²) < 4.78 is 21.9. The van der Waals surface area contributed by atoms with Crippen LogP contribution >= 0.6 is 0 Å². The number of hydrogen-bond acceptors (Lipinski definition) is 8. The van der Waals surface area contributed by atoms with Crippen molar-refractivity contribution in [1.29, 1.82) is 0 Å². The first-order valence-electron chi connectivity index (χ1n) is 18.8. The van der Waals surface area contributed by atoms with Gasteiger partial charge in [0.1, 0.15) is 23.1 Å². The lowest BCUT2D eigenvalue weighted by atomic mass is 9.91. The molecule has 0 rings (SSSR count). The maximum absolute atomic E-state index is 11.7. The molecule has 8 nitrogen and oxygen atoms in total. The minimum absolute atomic E-state index is 0.00752. The highest BCUT2D eigenvalue weighted by molar-refractivity contribution is 5.99. The molecule has 0 aromatic carbocycles. The minimum atomic E-state index is -0.00752. The summed E-state index contributed by atoms with van der Waals surface area (Å²) >= 11 is 0. The van der Waals surface area contributed by atoms with Gasteiger partial charge in [-0.2, -0.15) is 0 Å². The maximum atomic E-state index is 11.7. The zero-order valence-corrected chi connectivity index (χ0v) is 33.0. The average molecular weight is 685 g/mol. The van der Waals surface area contributed by atoms with E-state index in [1.54, 1.807) is 0 Å². The van der Waals surface area contributed by atoms with Crippen LogP contribution in [0.15, 0.2) is 0 Å². The van der Waals surface area contributed by atoms with Crippen molar-refractivity contribution in [3.63, 3.8) is 0 Å². The van der Waals surface area contributed by atoms with Gasteiger partial charge in [0.15, 0.2) is 0 Å². The molecule has 0 unspecified atom stereocenters. The Hall–Kier alpha value is -1.48. The van der Waals surface area contributed by atoms with Crippen LogP contribution in [-0.2, 0) is 38.1 Å². The first-order valence-corrected chi connectivity index (χ1v) is 18.8. The molecule has 0 radical (unpaired) electrons. The highest BCUT2D eigenvalue weighted by Gasteiger charge is 2.13. The van der Waals surface area contributed by atoms with Crippen LogP contribution in [0.25, 0.3) is 0 Å². The second-order valence-corrected chi connectivity index (χ2v) is 16.4. The van der Waals surface area contributed by atoms with Crippen LogP contribution < -0.4 is 0 Å². The Labute approximate surface area is 295 Å². The van der Waals surface area contributed by atoms with Crippen LogP contribution in [0.5, 0.6) is 0 Å². The molecular formula is C40H76O8. The predicted molar refractivity (Wildman–Crippen MR) is 197 cm³/mol. The summed E-state index contributed by atoms with van der Waals surface area (Å²) in [6, 6.07) is 0. The molecule has 0 atom stereocenters. The fourth-order valence-corrected chi connectivity index (χ4v) is 4.28. The molecule has 0 bridgehead atoms. The van der Waals surface area contributed by atoms with E-state index in [-0.39, 0.29) is 41.4 Å². The van der Waals surface area contributed by atoms with Crippen LogP contribution in [0, 0.1) is 22.7 Å². The van der Waals surface area contributed by atoms with E-state index in [0.29, 0.717) is 88.8 Å². The maximum Gasteiger partial charge on any atom is 0.142 e. The second-order valence-electron chi connectivity index (χ2n) is 16.4. The summed E-state index contributed by atoms with van der Waals surface area (Å²) in [5, 5.41) is 0. The van der Waals surface area contributed by atoms with Gasteiger partial charge in [0.25, 0.3) is 0 Å². The van der Waals surface area contributed by atoms with Gasteiger partial charge >= 0.3 is 0 Å². The van der Waals surface area contributed by atoms with Gasteiger partial charge in [0.2, 0.25) is 0 Å². The van der Waals surface area contributed by atoms with E-state index in [9.17, 15) is 19.2 Å². The third-order valence-electron chi connectivity index (χ3n) is 7.30. The van der Waals surface area contributed by atoms with E-state index < -0.39 is 0 Å². The van der Waals surface area contributed by atoms with E-state index in [1.807, 2.05) is 0 Å². The number of ether oxygens (including phenoxy) is 4. The Bertz CT molecular complexity index is 752. The predicted octanol–water partition coefficient (Wildman–Crippen LogP) is 9.18. The number of carbonyl (C=O) groups is 4. The number of ketones is 4. The second kappa shape index (κ2) is 30.4. The fourth-order valence-electron chi connectivity index (χ4n) is 4.28. The topological polar surface area (TPSA) is 105 Å². The number of Topliss-reactive ketones (excluding diaryl/α,β-unsaturated/α-hetero) is 4. The largest absolute Gasteiger partial charge is 0.381 e. The highest BCUT2D eigenvalue weighted by Crippen LogP contribution is 2.20. The van der Waals surface area contributed by atoms with Gasteiger partial charge in [-0.1, -0.05) is 69.2 Å². The molecular weight excluding hydrogens is 608 g/mol.